The van der Waals surface area contributed by atoms with E-state index in [2.05, 4.69) is 48.1 Å². The average Bonchev–Trinajstić information content (AvgIpc) is 3.66. The van der Waals surface area contributed by atoms with Gasteiger partial charge in [0.05, 0.1) is 0 Å². The number of rotatable bonds is 10. The summed E-state index contributed by atoms with van der Waals surface area (Å²) in [5, 5.41) is 6.58. The van der Waals surface area contributed by atoms with Gasteiger partial charge in [0.2, 0.25) is 0 Å². The van der Waals surface area contributed by atoms with E-state index in [0.717, 1.165) is 73.3 Å². The quantitative estimate of drug-likeness (QED) is 0.436. The molecule has 0 bridgehead atoms. The molecule has 1 amide bonds. The van der Waals surface area contributed by atoms with Crippen LogP contribution in [0.4, 0.5) is 4.39 Å². The Kier molecular flexibility index (Phi) is 8.17. The fourth-order valence-corrected chi connectivity index (χ4v) is 4.75. The molecule has 0 radical (unpaired) electrons. The van der Waals surface area contributed by atoms with Crippen molar-refractivity contribution in [1.29, 1.82) is 0 Å². The number of nitrogens with zero attached hydrogens (tertiary/aromatic N) is 1. The van der Waals surface area contributed by atoms with Crippen LogP contribution in [0, 0.1) is 5.82 Å². The number of carbonyl (C=O) groups excluding carboxylic acids is 1. The lowest BCUT2D eigenvalue weighted by Crippen LogP contribution is -2.29. The van der Waals surface area contributed by atoms with Gasteiger partial charge in [-0.1, -0.05) is 32.1 Å². The van der Waals surface area contributed by atoms with Gasteiger partial charge in [-0.3, -0.25) is 9.69 Å². The third-order valence-electron chi connectivity index (χ3n) is 6.88. The van der Waals surface area contributed by atoms with Gasteiger partial charge in [-0.05, 0) is 111 Å². The second kappa shape index (κ2) is 11.3. The van der Waals surface area contributed by atoms with Crippen molar-refractivity contribution in [2.75, 3.05) is 19.6 Å². The van der Waals surface area contributed by atoms with Crippen molar-refractivity contribution in [2.24, 2.45) is 0 Å². The van der Waals surface area contributed by atoms with Crippen molar-refractivity contribution >= 4 is 11.5 Å². The van der Waals surface area contributed by atoms with Gasteiger partial charge < -0.3 is 10.6 Å². The highest BCUT2D eigenvalue weighted by molar-refractivity contribution is 6.19. The normalized spacial score (nSPS) is 17.4. The molecule has 1 atom stereocenters. The monoisotopic (exact) mass is 463 g/mol. The lowest BCUT2D eigenvalue weighted by Gasteiger charge is -2.26. The molecule has 1 unspecified atom stereocenters. The molecule has 2 N–H and O–H groups in total. The molecule has 5 heteroatoms. The number of hydrogen-bond donors (Lipinski definition) is 2. The molecule has 1 heterocycles. The molecule has 4 rings (SSSR count). The summed E-state index contributed by atoms with van der Waals surface area (Å²) >= 11 is 0. The number of likely N-dealkylation sites (tertiary alicyclic amines) is 1. The number of halogens is 1. The third kappa shape index (κ3) is 6.34. The smallest absolute Gasteiger partial charge is 0.251 e. The first kappa shape index (κ1) is 24.6. The first-order valence-electron chi connectivity index (χ1n) is 12.8. The van der Waals surface area contributed by atoms with Gasteiger partial charge >= 0.3 is 0 Å². The van der Waals surface area contributed by atoms with Gasteiger partial charge in [0, 0.05) is 24.2 Å². The van der Waals surface area contributed by atoms with Crippen molar-refractivity contribution in [3.63, 3.8) is 0 Å². The highest BCUT2D eigenvalue weighted by Crippen LogP contribution is 2.32. The Hall–Kier alpha value is -2.50. The largest absolute Gasteiger partial charge is 0.349 e. The molecule has 2 aliphatic rings. The first-order chi connectivity index (χ1) is 16.4. The second-order valence-electron chi connectivity index (χ2n) is 9.89. The molecule has 1 saturated heterocycles. The Labute approximate surface area is 203 Å². The number of carbonyl (C=O) groups is 1. The minimum Gasteiger partial charge on any atom is -0.349 e. The van der Waals surface area contributed by atoms with Crippen molar-refractivity contribution < 1.29 is 9.18 Å². The van der Waals surface area contributed by atoms with Gasteiger partial charge in [0.25, 0.3) is 5.91 Å². The first-order valence-corrected chi connectivity index (χ1v) is 12.8. The van der Waals surface area contributed by atoms with Crippen LogP contribution < -0.4 is 10.6 Å². The highest BCUT2D eigenvalue weighted by atomic mass is 19.1. The third-order valence-corrected chi connectivity index (χ3v) is 6.88. The van der Waals surface area contributed by atoms with Crippen LogP contribution in [0.25, 0.3) is 16.7 Å². The van der Waals surface area contributed by atoms with Crippen LogP contribution >= 0.6 is 0 Å². The summed E-state index contributed by atoms with van der Waals surface area (Å²) in [5.41, 5.74) is 5.07. The summed E-state index contributed by atoms with van der Waals surface area (Å²) in [6.07, 6.45) is 6.80. The summed E-state index contributed by atoms with van der Waals surface area (Å²) in [6, 6.07) is 11.8. The molecule has 1 aliphatic carbocycles. The minimum atomic E-state index is -0.224. The van der Waals surface area contributed by atoms with Crippen LogP contribution in [0.1, 0.15) is 75.1 Å². The predicted octanol–water partition coefficient (Wildman–Crippen LogP) is 5.83. The Balaban J connectivity index is 1.64. The number of amides is 1. The Morgan fingerprint density at radius 2 is 1.88 bits per heavy atom. The SMILES string of the molecule is C=C(C(=O)NC1CC1)c1cc(-c2cc(F)cc(CN3CCCCC3)c2)ccc1C(C)NCCC. The fourth-order valence-electron chi connectivity index (χ4n) is 4.75. The van der Waals surface area contributed by atoms with Gasteiger partial charge in [0.1, 0.15) is 5.82 Å². The molecule has 2 fully saturated rings. The zero-order valence-corrected chi connectivity index (χ0v) is 20.6. The van der Waals surface area contributed by atoms with E-state index in [9.17, 15) is 9.18 Å². The van der Waals surface area contributed by atoms with E-state index in [0.29, 0.717) is 5.57 Å². The molecule has 4 nitrogen and oxygen atoms in total. The van der Waals surface area contributed by atoms with E-state index < -0.39 is 0 Å². The summed E-state index contributed by atoms with van der Waals surface area (Å²) in [5.74, 6) is -0.341. The summed E-state index contributed by atoms with van der Waals surface area (Å²) in [6.45, 7) is 12.2. The van der Waals surface area contributed by atoms with E-state index >= 15 is 0 Å². The maximum Gasteiger partial charge on any atom is 0.251 e. The summed E-state index contributed by atoms with van der Waals surface area (Å²) in [7, 11) is 0. The van der Waals surface area contributed by atoms with E-state index in [1.54, 1.807) is 12.1 Å². The topological polar surface area (TPSA) is 44.4 Å². The van der Waals surface area contributed by atoms with Crippen molar-refractivity contribution in [3.8, 4) is 11.1 Å². The minimum absolute atomic E-state index is 0.0802. The molecule has 2 aromatic rings. The van der Waals surface area contributed by atoms with E-state index in [1.807, 2.05) is 12.1 Å². The van der Waals surface area contributed by atoms with Crippen molar-refractivity contribution in [2.45, 2.75) is 71.0 Å². The molecule has 182 valence electrons. The summed E-state index contributed by atoms with van der Waals surface area (Å²) < 4.78 is 14.6. The fraction of sp³-hybridized carbons (Fsp3) is 0.483. The lowest BCUT2D eigenvalue weighted by molar-refractivity contribution is -0.115. The lowest BCUT2D eigenvalue weighted by atomic mass is 9.91. The molecule has 0 aromatic heterocycles. The predicted molar refractivity (Wildman–Crippen MR) is 138 cm³/mol. The number of benzene rings is 2. The molecular formula is C29H38FN3O. The van der Waals surface area contributed by atoms with Gasteiger partial charge in [-0.15, -0.1) is 0 Å². The van der Waals surface area contributed by atoms with Crippen LogP contribution in [0.15, 0.2) is 43.0 Å². The zero-order chi connectivity index (χ0) is 24.1. The molecular weight excluding hydrogens is 425 g/mol. The van der Waals surface area contributed by atoms with E-state index in [4.69, 9.17) is 0 Å². The standard InChI is InChI=1S/C29H38FN3O/c1-4-12-31-21(3)27-11-8-23(18-28(27)20(2)29(34)32-26-9-10-26)24-15-22(16-25(30)17-24)19-33-13-6-5-7-14-33/h8,11,15-18,21,26,31H,2,4-7,9-10,12-14,19H2,1,3H3,(H,32,34). The molecule has 1 aliphatic heterocycles. The van der Waals surface area contributed by atoms with Crippen molar-refractivity contribution in [1.82, 2.24) is 15.5 Å². The van der Waals surface area contributed by atoms with E-state index in [-0.39, 0.29) is 23.8 Å². The molecule has 2 aromatic carbocycles. The van der Waals surface area contributed by atoms with Crippen LogP contribution in [-0.2, 0) is 11.3 Å². The molecule has 1 saturated carbocycles. The van der Waals surface area contributed by atoms with Crippen LogP contribution in [-0.4, -0.2) is 36.5 Å². The van der Waals surface area contributed by atoms with E-state index in [1.165, 1.54) is 19.3 Å². The Bertz CT molecular complexity index is 1020. The van der Waals surface area contributed by atoms with Crippen molar-refractivity contribution in [3.05, 3.63) is 65.5 Å². The summed E-state index contributed by atoms with van der Waals surface area (Å²) in [4.78, 5) is 15.3. The van der Waals surface area contributed by atoms with Gasteiger partial charge in [0.15, 0.2) is 0 Å². The Morgan fingerprint density at radius 3 is 2.59 bits per heavy atom. The Morgan fingerprint density at radius 1 is 1.12 bits per heavy atom. The number of nitrogens with one attached hydrogen (secondary N) is 2. The average molecular weight is 464 g/mol. The van der Waals surface area contributed by atoms with Gasteiger partial charge in [-0.2, -0.15) is 0 Å². The number of hydrogen-bond acceptors (Lipinski definition) is 3. The van der Waals surface area contributed by atoms with Crippen LogP contribution in [0.5, 0.6) is 0 Å². The molecule has 34 heavy (non-hydrogen) atoms. The molecule has 0 spiro atoms. The van der Waals surface area contributed by atoms with Crippen LogP contribution in [0.2, 0.25) is 0 Å². The van der Waals surface area contributed by atoms with Crippen LogP contribution in [0.3, 0.4) is 0 Å². The maximum atomic E-state index is 14.6. The second-order valence-corrected chi connectivity index (χ2v) is 9.89. The highest BCUT2D eigenvalue weighted by Gasteiger charge is 2.26. The number of piperidine rings is 1. The maximum absolute atomic E-state index is 14.6. The zero-order valence-electron chi connectivity index (χ0n) is 20.6. The van der Waals surface area contributed by atoms with Gasteiger partial charge in [-0.25, -0.2) is 4.39 Å².